The van der Waals surface area contributed by atoms with Gasteiger partial charge >= 0.3 is 0 Å². The fourth-order valence-electron chi connectivity index (χ4n) is 3.28. The molecular weight excluding hydrogens is 366 g/mol. The van der Waals surface area contributed by atoms with E-state index in [-0.39, 0.29) is 5.56 Å². The summed E-state index contributed by atoms with van der Waals surface area (Å²) in [6.45, 7) is 4.64. The summed E-state index contributed by atoms with van der Waals surface area (Å²) in [7, 11) is 0. The number of benzene rings is 1. The smallest absolute Gasteiger partial charge is 0.255 e. The van der Waals surface area contributed by atoms with Crippen LogP contribution in [0.15, 0.2) is 41.2 Å². The molecular formula is C20H20ClN3OS. The van der Waals surface area contributed by atoms with Crippen LogP contribution < -0.4 is 5.56 Å². The topological polar surface area (TPSA) is 49.0 Å². The molecule has 2 aromatic heterocycles. The van der Waals surface area contributed by atoms with Crippen LogP contribution in [0.25, 0.3) is 11.4 Å². The fourth-order valence-corrected chi connectivity index (χ4v) is 4.40. The quantitative estimate of drug-likeness (QED) is 0.729. The number of H-pyrrole nitrogens is 1. The number of thiophene rings is 1. The minimum atomic E-state index is -0.0370. The third kappa shape index (κ3) is 3.61. The molecule has 1 aromatic carbocycles. The van der Waals surface area contributed by atoms with Gasteiger partial charge in [0.15, 0.2) is 0 Å². The lowest BCUT2D eigenvalue weighted by molar-refractivity contribution is 0.244. The number of rotatable bonds is 4. The summed E-state index contributed by atoms with van der Waals surface area (Å²) in [5, 5.41) is 0.671. The molecule has 134 valence electrons. The van der Waals surface area contributed by atoms with Crippen molar-refractivity contribution < 1.29 is 0 Å². The molecule has 1 aliphatic heterocycles. The first-order chi connectivity index (χ1) is 12.6. The Hall–Kier alpha value is -1.95. The molecule has 1 N–H and O–H groups in total. The van der Waals surface area contributed by atoms with E-state index in [1.54, 1.807) is 0 Å². The van der Waals surface area contributed by atoms with Gasteiger partial charge in [-0.2, -0.15) is 0 Å². The van der Waals surface area contributed by atoms with Gasteiger partial charge in [0.25, 0.3) is 5.56 Å². The number of fused-ring (bicyclic) bond motifs is 1. The van der Waals surface area contributed by atoms with Crippen LogP contribution in [0.1, 0.15) is 27.9 Å². The van der Waals surface area contributed by atoms with Crippen molar-refractivity contribution in [3.05, 3.63) is 72.8 Å². The van der Waals surface area contributed by atoms with Crippen molar-refractivity contribution in [2.24, 2.45) is 0 Å². The third-order valence-corrected chi connectivity index (χ3v) is 6.18. The molecule has 0 saturated heterocycles. The summed E-state index contributed by atoms with van der Waals surface area (Å²) in [6, 6.07) is 11.8. The largest absolute Gasteiger partial charge is 0.306 e. The Balaban J connectivity index is 1.56. The van der Waals surface area contributed by atoms with E-state index in [4.69, 9.17) is 16.6 Å². The highest BCUT2D eigenvalue weighted by atomic mass is 35.5. The number of hydrogen-bond donors (Lipinski definition) is 1. The first-order valence-corrected chi connectivity index (χ1v) is 10.00. The molecule has 0 atom stereocenters. The molecule has 1 aliphatic rings. The summed E-state index contributed by atoms with van der Waals surface area (Å²) in [6.07, 6.45) is 1.87. The molecule has 0 spiro atoms. The molecule has 26 heavy (non-hydrogen) atoms. The second-order valence-corrected chi connectivity index (χ2v) is 8.22. The summed E-state index contributed by atoms with van der Waals surface area (Å²) in [4.78, 5) is 25.4. The zero-order valence-corrected chi connectivity index (χ0v) is 16.2. The number of aromatic amines is 1. The SMILES string of the molecule is CCc1ccc(CN2CCc3nc(-c4ccc(Cl)cc4)[nH]c(=O)c3C2)s1. The van der Waals surface area contributed by atoms with E-state index in [0.717, 1.165) is 42.8 Å². The first kappa shape index (κ1) is 17.5. The Morgan fingerprint density at radius 2 is 1.96 bits per heavy atom. The van der Waals surface area contributed by atoms with E-state index in [1.165, 1.54) is 9.75 Å². The molecule has 0 fully saturated rings. The Labute approximate surface area is 161 Å². The van der Waals surface area contributed by atoms with Gasteiger partial charge in [0.1, 0.15) is 5.82 Å². The average Bonchev–Trinajstić information content (AvgIpc) is 3.10. The highest BCUT2D eigenvalue weighted by Gasteiger charge is 2.22. The van der Waals surface area contributed by atoms with Gasteiger partial charge in [-0.25, -0.2) is 4.98 Å². The zero-order chi connectivity index (χ0) is 18.1. The van der Waals surface area contributed by atoms with Gasteiger partial charge in [0, 0.05) is 46.4 Å². The van der Waals surface area contributed by atoms with Crippen LogP contribution in [0.3, 0.4) is 0 Å². The monoisotopic (exact) mass is 385 g/mol. The molecule has 0 bridgehead atoms. The Bertz CT molecular complexity index is 977. The van der Waals surface area contributed by atoms with E-state index in [0.29, 0.717) is 17.4 Å². The predicted molar refractivity (Wildman–Crippen MR) is 107 cm³/mol. The van der Waals surface area contributed by atoms with E-state index in [2.05, 4.69) is 28.9 Å². The van der Waals surface area contributed by atoms with Gasteiger partial charge in [0.2, 0.25) is 0 Å². The van der Waals surface area contributed by atoms with E-state index >= 15 is 0 Å². The number of halogens is 1. The summed E-state index contributed by atoms with van der Waals surface area (Å²) < 4.78 is 0. The number of nitrogens with one attached hydrogen (secondary N) is 1. The molecule has 0 amide bonds. The third-order valence-electron chi connectivity index (χ3n) is 4.71. The van der Waals surface area contributed by atoms with Crippen molar-refractivity contribution in [2.75, 3.05) is 6.54 Å². The molecule has 0 unspecified atom stereocenters. The lowest BCUT2D eigenvalue weighted by Crippen LogP contribution is -2.35. The number of aryl methyl sites for hydroxylation is 1. The van der Waals surface area contributed by atoms with Crippen molar-refractivity contribution in [1.82, 2.24) is 14.9 Å². The van der Waals surface area contributed by atoms with Crippen LogP contribution in [0.4, 0.5) is 0 Å². The van der Waals surface area contributed by atoms with E-state index in [1.807, 2.05) is 35.6 Å². The summed E-state index contributed by atoms with van der Waals surface area (Å²) in [5.41, 5.74) is 2.55. The van der Waals surface area contributed by atoms with Crippen molar-refractivity contribution in [3.8, 4) is 11.4 Å². The van der Waals surface area contributed by atoms with Gasteiger partial charge in [0.05, 0.1) is 11.3 Å². The molecule has 4 rings (SSSR count). The lowest BCUT2D eigenvalue weighted by atomic mass is 10.1. The predicted octanol–water partition coefficient (Wildman–Crippen LogP) is 4.27. The normalized spacial score (nSPS) is 14.4. The fraction of sp³-hybridized carbons (Fsp3) is 0.300. The molecule has 6 heteroatoms. The summed E-state index contributed by atoms with van der Waals surface area (Å²) >= 11 is 7.80. The van der Waals surface area contributed by atoms with Crippen molar-refractivity contribution in [3.63, 3.8) is 0 Å². The molecule has 4 nitrogen and oxygen atoms in total. The Morgan fingerprint density at radius 1 is 1.19 bits per heavy atom. The van der Waals surface area contributed by atoms with Crippen molar-refractivity contribution in [1.29, 1.82) is 0 Å². The second-order valence-electron chi connectivity index (χ2n) is 6.53. The molecule has 3 heterocycles. The van der Waals surface area contributed by atoms with Gasteiger partial charge in [-0.05, 0) is 42.8 Å². The molecule has 0 aliphatic carbocycles. The maximum absolute atomic E-state index is 12.6. The minimum Gasteiger partial charge on any atom is -0.306 e. The summed E-state index contributed by atoms with van der Waals surface area (Å²) in [5.74, 6) is 0.615. The van der Waals surface area contributed by atoms with Crippen molar-refractivity contribution >= 4 is 22.9 Å². The molecule has 0 radical (unpaired) electrons. The van der Waals surface area contributed by atoms with Gasteiger partial charge in [-0.1, -0.05) is 18.5 Å². The van der Waals surface area contributed by atoms with Crippen LogP contribution in [0.5, 0.6) is 0 Å². The number of hydrogen-bond acceptors (Lipinski definition) is 4. The van der Waals surface area contributed by atoms with E-state index < -0.39 is 0 Å². The maximum Gasteiger partial charge on any atom is 0.255 e. The number of aromatic nitrogens is 2. The molecule has 3 aromatic rings. The Kier molecular flexibility index (Phi) is 4.94. The van der Waals surface area contributed by atoms with Crippen LogP contribution in [-0.2, 0) is 25.9 Å². The maximum atomic E-state index is 12.6. The van der Waals surface area contributed by atoms with Gasteiger partial charge < -0.3 is 4.98 Å². The average molecular weight is 386 g/mol. The van der Waals surface area contributed by atoms with Crippen LogP contribution in [0, 0.1) is 0 Å². The highest BCUT2D eigenvalue weighted by Crippen LogP contribution is 2.23. The van der Waals surface area contributed by atoms with Crippen LogP contribution in [0.2, 0.25) is 5.02 Å². The number of nitrogens with zero attached hydrogens (tertiary/aromatic N) is 2. The first-order valence-electron chi connectivity index (χ1n) is 8.80. The zero-order valence-electron chi connectivity index (χ0n) is 14.6. The van der Waals surface area contributed by atoms with Crippen molar-refractivity contribution in [2.45, 2.75) is 32.9 Å². The standard InChI is InChI=1S/C20H20ClN3OS/c1-2-15-7-8-16(26-15)11-24-10-9-18-17(12-24)20(25)23-19(22-18)13-3-5-14(21)6-4-13/h3-8H,2,9-12H2,1H3,(H,22,23,25). The lowest BCUT2D eigenvalue weighted by Gasteiger charge is -2.27. The van der Waals surface area contributed by atoms with Crippen LogP contribution >= 0.6 is 22.9 Å². The van der Waals surface area contributed by atoms with Gasteiger partial charge in [-0.3, -0.25) is 9.69 Å². The minimum absolute atomic E-state index is 0.0370. The van der Waals surface area contributed by atoms with Crippen LogP contribution in [-0.4, -0.2) is 21.4 Å². The Morgan fingerprint density at radius 3 is 2.69 bits per heavy atom. The van der Waals surface area contributed by atoms with E-state index in [9.17, 15) is 4.79 Å². The van der Waals surface area contributed by atoms with Gasteiger partial charge in [-0.15, -0.1) is 11.3 Å². The second kappa shape index (κ2) is 7.35. The highest BCUT2D eigenvalue weighted by molar-refractivity contribution is 7.11. The molecule has 0 saturated carbocycles.